The molecule has 2 fully saturated rings. The van der Waals surface area contributed by atoms with Crippen molar-refractivity contribution >= 4 is 11.9 Å². The highest BCUT2D eigenvalue weighted by molar-refractivity contribution is 6.06. The fourth-order valence-corrected chi connectivity index (χ4v) is 3.74. The Hall–Kier alpha value is -2.08. The van der Waals surface area contributed by atoms with Crippen molar-refractivity contribution in [2.75, 3.05) is 26.7 Å². The summed E-state index contributed by atoms with van der Waals surface area (Å²) in [7, 11) is 1.68. The number of carbonyl (C=O) groups excluding carboxylic acids is 2. The van der Waals surface area contributed by atoms with Gasteiger partial charge in [-0.2, -0.15) is 0 Å². The van der Waals surface area contributed by atoms with Crippen LogP contribution in [0.15, 0.2) is 24.3 Å². The lowest BCUT2D eigenvalue weighted by molar-refractivity contribution is -0.130. The first-order chi connectivity index (χ1) is 11.9. The van der Waals surface area contributed by atoms with Crippen LogP contribution < -0.4 is 10.1 Å². The summed E-state index contributed by atoms with van der Waals surface area (Å²) >= 11 is 0. The van der Waals surface area contributed by atoms with Crippen molar-refractivity contribution in [2.24, 2.45) is 0 Å². The number of imide groups is 1. The highest BCUT2D eigenvalue weighted by Crippen LogP contribution is 2.23. The molecule has 2 saturated heterocycles. The second-order valence-corrected chi connectivity index (χ2v) is 7.40. The molecule has 3 rings (SSSR count). The van der Waals surface area contributed by atoms with Crippen LogP contribution in [-0.4, -0.2) is 60.1 Å². The lowest BCUT2D eigenvalue weighted by atomic mass is 10.0. The number of rotatable bonds is 6. The highest BCUT2D eigenvalue weighted by Gasteiger charge is 2.44. The average Bonchev–Trinajstić information content (AvgIpc) is 3.08. The lowest BCUT2D eigenvalue weighted by Crippen LogP contribution is -2.43. The Balaban J connectivity index is 1.59. The van der Waals surface area contributed by atoms with E-state index in [1.54, 1.807) is 21.0 Å². The number of methoxy groups -OCH3 is 1. The minimum absolute atomic E-state index is 0.138. The van der Waals surface area contributed by atoms with Crippen molar-refractivity contribution in [3.05, 3.63) is 29.8 Å². The van der Waals surface area contributed by atoms with Gasteiger partial charge in [0.2, 0.25) is 0 Å². The minimum Gasteiger partial charge on any atom is -0.497 e. The predicted octanol–water partition coefficient (Wildman–Crippen LogP) is 2.03. The zero-order chi connectivity index (χ0) is 18.0. The maximum Gasteiger partial charge on any atom is 0.325 e. The molecule has 0 unspecified atom stereocenters. The molecule has 2 heterocycles. The molecule has 6 nitrogen and oxygen atoms in total. The van der Waals surface area contributed by atoms with Gasteiger partial charge in [0.15, 0.2) is 0 Å². The molecule has 0 radical (unpaired) electrons. The standard InChI is InChI=1S/C19H27N3O3/c1-19(2)17(23)22(18(24)20-19)11-10-21-9-5-7-15(21)12-14-6-4-8-16(13-14)25-3/h4,6,8,13,15H,5,7,9-12H2,1-3H3,(H,20,24)/t15-/m1/s1. The maximum absolute atomic E-state index is 12.3. The summed E-state index contributed by atoms with van der Waals surface area (Å²) in [5, 5.41) is 2.74. The number of urea groups is 1. The number of carbonyl (C=O) groups is 2. The van der Waals surface area contributed by atoms with Gasteiger partial charge < -0.3 is 10.1 Å². The van der Waals surface area contributed by atoms with Gasteiger partial charge in [0.05, 0.1) is 7.11 Å². The molecule has 0 bridgehead atoms. The summed E-state index contributed by atoms with van der Waals surface area (Å²) in [5.41, 5.74) is 0.467. The van der Waals surface area contributed by atoms with Crippen LogP contribution in [0.25, 0.3) is 0 Å². The normalized spacial score (nSPS) is 23.2. The second-order valence-electron chi connectivity index (χ2n) is 7.40. The SMILES string of the molecule is COc1cccc(C[C@H]2CCCN2CCN2C(=O)NC(C)(C)C2=O)c1. The highest BCUT2D eigenvalue weighted by atomic mass is 16.5. The number of nitrogens with one attached hydrogen (secondary N) is 1. The number of amides is 3. The number of ether oxygens (including phenoxy) is 1. The molecule has 1 aromatic carbocycles. The van der Waals surface area contributed by atoms with Gasteiger partial charge in [0, 0.05) is 19.1 Å². The van der Waals surface area contributed by atoms with Crippen LogP contribution in [0, 0.1) is 0 Å². The quantitative estimate of drug-likeness (QED) is 0.802. The molecule has 1 N–H and O–H groups in total. The van der Waals surface area contributed by atoms with Crippen LogP contribution in [0.1, 0.15) is 32.3 Å². The Labute approximate surface area is 149 Å². The summed E-state index contributed by atoms with van der Waals surface area (Å²) < 4.78 is 5.30. The first-order valence-corrected chi connectivity index (χ1v) is 8.92. The molecule has 25 heavy (non-hydrogen) atoms. The Morgan fingerprint density at radius 3 is 2.76 bits per heavy atom. The summed E-state index contributed by atoms with van der Waals surface area (Å²) in [5.74, 6) is 0.740. The van der Waals surface area contributed by atoms with E-state index in [0.717, 1.165) is 38.1 Å². The van der Waals surface area contributed by atoms with Gasteiger partial charge in [-0.15, -0.1) is 0 Å². The lowest BCUT2D eigenvalue weighted by Gasteiger charge is -2.26. The molecule has 6 heteroatoms. The van der Waals surface area contributed by atoms with Crippen molar-refractivity contribution < 1.29 is 14.3 Å². The molecular weight excluding hydrogens is 318 g/mol. The van der Waals surface area contributed by atoms with Crippen molar-refractivity contribution in [2.45, 2.75) is 44.7 Å². The van der Waals surface area contributed by atoms with Crippen molar-refractivity contribution in [3.8, 4) is 5.75 Å². The van der Waals surface area contributed by atoms with Crippen LogP contribution in [-0.2, 0) is 11.2 Å². The van der Waals surface area contributed by atoms with E-state index in [1.807, 2.05) is 12.1 Å². The Morgan fingerprint density at radius 1 is 1.28 bits per heavy atom. The minimum atomic E-state index is -0.790. The zero-order valence-corrected chi connectivity index (χ0v) is 15.2. The van der Waals surface area contributed by atoms with E-state index in [4.69, 9.17) is 4.74 Å². The molecule has 136 valence electrons. The molecule has 2 aliphatic heterocycles. The van der Waals surface area contributed by atoms with Crippen LogP contribution in [0.5, 0.6) is 5.75 Å². The van der Waals surface area contributed by atoms with Crippen LogP contribution in [0.4, 0.5) is 4.79 Å². The first kappa shape index (κ1) is 17.7. The molecule has 0 spiro atoms. The molecule has 1 atom stereocenters. The number of hydrogen-bond acceptors (Lipinski definition) is 4. The summed E-state index contributed by atoms with van der Waals surface area (Å²) in [6.45, 7) is 5.68. The molecule has 0 saturated carbocycles. The first-order valence-electron chi connectivity index (χ1n) is 8.92. The zero-order valence-electron chi connectivity index (χ0n) is 15.2. The number of likely N-dealkylation sites (tertiary alicyclic amines) is 1. The predicted molar refractivity (Wildman–Crippen MR) is 95.6 cm³/mol. The van der Waals surface area contributed by atoms with Gasteiger partial charge in [-0.05, 0) is 57.4 Å². The third-order valence-corrected chi connectivity index (χ3v) is 5.16. The van der Waals surface area contributed by atoms with Gasteiger partial charge in [-0.25, -0.2) is 4.79 Å². The Morgan fingerprint density at radius 2 is 2.08 bits per heavy atom. The monoisotopic (exact) mass is 345 g/mol. The topological polar surface area (TPSA) is 61.9 Å². The van der Waals surface area contributed by atoms with E-state index < -0.39 is 5.54 Å². The van der Waals surface area contributed by atoms with Crippen LogP contribution in [0.2, 0.25) is 0 Å². The van der Waals surface area contributed by atoms with Crippen molar-refractivity contribution in [3.63, 3.8) is 0 Å². The van der Waals surface area contributed by atoms with Crippen molar-refractivity contribution in [1.82, 2.24) is 15.1 Å². The third kappa shape index (κ3) is 3.79. The van der Waals surface area contributed by atoms with Gasteiger partial charge in [0.1, 0.15) is 11.3 Å². The van der Waals surface area contributed by atoms with Crippen LogP contribution in [0.3, 0.4) is 0 Å². The third-order valence-electron chi connectivity index (χ3n) is 5.16. The molecular formula is C19H27N3O3. The van der Waals surface area contributed by atoms with Crippen molar-refractivity contribution in [1.29, 1.82) is 0 Å². The molecule has 0 aromatic heterocycles. The summed E-state index contributed by atoms with van der Waals surface area (Å²) in [4.78, 5) is 28.0. The second kappa shape index (κ2) is 7.04. The molecule has 0 aliphatic carbocycles. The molecule has 1 aromatic rings. The van der Waals surface area contributed by atoms with E-state index in [9.17, 15) is 9.59 Å². The number of nitrogens with zero attached hydrogens (tertiary/aromatic N) is 2. The Kier molecular flexibility index (Phi) is 4.99. The van der Waals surface area contributed by atoms with E-state index in [0.29, 0.717) is 12.6 Å². The average molecular weight is 345 g/mol. The van der Waals surface area contributed by atoms with Gasteiger partial charge in [-0.3, -0.25) is 14.6 Å². The van der Waals surface area contributed by atoms with Gasteiger partial charge in [-0.1, -0.05) is 12.1 Å². The molecule has 2 aliphatic rings. The van der Waals surface area contributed by atoms with E-state index in [2.05, 4.69) is 22.3 Å². The smallest absolute Gasteiger partial charge is 0.325 e. The van der Waals surface area contributed by atoms with E-state index in [1.165, 1.54) is 10.5 Å². The van der Waals surface area contributed by atoms with E-state index in [-0.39, 0.29) is 11.9 Å². The van der Waals surface area contributed by atoms with Crippen LogP contribution >= 0.6 is 0 Å². The van der Waals surface area contributed by atoms with E-state index >= 15 is 0 Å². The summed E-state index contributed by atoms with van der Waals surface area (Å²) in [6.07, 6.45) is 3.26. The fourth-order valence-electron chi connectivity index (χ4n) is 3.74. The largest absolute Gasteiger partial charge is 0.497 e. The maximum atomic E-state index is 12.3. The number of benzene rings is 1. The Bertz CT molecular complexity index is 659. The van der Waals surface area contributed by atoms with Gasteiger partial charge in [0.25, 0.3) is 5.91 Å². The van der Waals surface area contributed by atoms with Gasteiger partial charge >= 0.3 is 6.03 Å². The summed E-state index contributed by atoms with van der Waals surface area (Å²) in [6, 6.07) is 8.34. The molecule has 3 amide bonds. The number of hydrogen-bond donors (Lipinski definition) is 1. The fraction of sp³-hybridized carbons (Fsp3) is 0.579.